The summed E-state index contributed by atoms with van der Waals surface area (Å²) in [5.41, 5.74) is 2.82. The highest BCUT2D eigenvalue weighted by atomic mass is 16.5. The van der Waals surface area contributed by atoms with Gasteiger partial charge in [-0.1, -0.05) is 12.1 Å². The minimum absolute atomic E-state index is 0.416. The number of rotatable bonds is 5. The molecule has 0 aliphatic carbocycles. The van der Waals surface area contributed by atoms with Crippen molar-refractivity contribution < 1.29 is 14.6 Å². The van der Waals surface area contributed by atoms with E-state index in [0.717, 1.165) is 25.3 Å². The van der Waals surface area contributed by atoms with Gasteiger partial charge in [-0.15, -0.1) is 0 Å². The lowest BCUT2D eigenvalue weighted by Crippen LogP contribution is -2.16. The van der Waals surface area contributed by atoms with Crippen LogP contribution in [0.1, 0.15) is 6.42 Å². The second-order valence-corrected chi connectivity index (χ2v) is 4.34. The predicted octanol–water partition coefficient (Wildman–Crippen LogP) is 1.38. The van der Waals surface area contributed by atoms with Crippen LogP contribution >= 0.6 is 0 Å². The van der Waals surface area contributed by atoms with Crippen LogP contribution in [0.5, 0.6) is 0 Å². The first kappa shape index (κ1) is 13.6. The summed E-state index contributed by atoms with van der Waals surface area (Å²) in [7, 11) is 0. The van der Waals surface area contributed by atoms with Gasteiger partial charge in [-0.25, -0.2) is 0 Å². The van der Waals surface area contributed by atoms with E-state index in [0.29, 0.717) is 12.3 Å². The van der Waals surface area contributed by atoms with Crippen LogP contribution in [0, 0.1) is 0 Å². The average molecular weight is 262 g/mol. The van der Waals surface area contributed by atoms with Crippen LogP contribution in [0.3, 0.4) is 0 Å². The number of amides is 1. The fourth-order valence-corrected chi connectivity index (χ4v) is 1.85. The van der Waals surface area contributed by atoms with Crippen LogP contribution in [0.2, 0.25) is 0 Å². The second kappa shape index (κ2) is 6.92. The first-order valence-corrected chi connectivity index (χ1v) is 6.28. The number of hydrogen-bond acceptors (Lipinski definition) is 4. The first-order chi connectivity index (χ1) is 9.28. The molecule has 1 aliphatic heterocycles. The largest absolute Gasteiger partial charge is 0.387 e. The molecule has 5 nitrogen and oxygen atoms in total. The number of benzene rings is 1. The maximum Gasteiger partial charge on any atom is 0.250 e. The van der Waals surface area contributed by atoms with E-state index in [4.69, 9.17) is 9.84 Å². The van der Waals surface area contributed by atoms with Gasteiger partial charge in [-0.2, -0.15) is 0 Å². The van der Waals surface area contributed by atoms with Crippen molar-refractivity contribution in [1.29, 1.82) is 0 Å². The van der Waals surface area contributed by atoms with E-state index in [1.165, 1.54) is 5.57 Å². The van der Waals surface area contributed by atoms with Crippen LogP contribution < -0.4 is 10.6 Å². The molecular weight excluding hydrogens is 244 g/mol. The molecule has 0 unspecified atom stereocenters. The van der Waals surface area contributed by atoms with Gasteiger partial charge in [-0.3, -0.25) is 4.79 Å². The van der Waals surface area contributed by atoms with Gasteiger partial charge in [0.25, 0.3) is 0 Å². The van der Waals surface area contributed by atoms with E-state index in [-0.39, 0.29) is 0 Å². The molecule has 19 heavy (non-hydrogen) atoms. The summed E-state index contributed by atoms with van der Waals surface area (Å²) in [6.45, 7) is 1.69. The Morgan fingerprint density at radius 2 is 2.21 bits per heavy atom. The Bertz CT molecular complexity index is 472. The topological polar surface area (TPSA) is 70.6 Å². The third kappa shape index (κ3) is 4.39. The SMILES string of the molecule is O=C(CO)Nc1cccc(NCC2=CCCOC2)c1. The van der Waals surface area contributed by atoms with Crippen LogP contribution in [0.4, 0.5) is 11.4 Å². The third-order valence-corrected chi connectivity index (χ3v) is 2.79. The number of anilines is 2. The minimum atomic E-state index is -0.512. The molecule has 1 aliphatic rings. The minimum Gasteiger partial charge on any atom is -0.387 e. The van der Waals surface area contributed by atoms with E-state index in [1.54, 1.807) is 6.07 Å². The van der Waals surface area contributed by atoms with Gasteiger partial charge in [0.1, 0.15) is 6.61 Å². The van der Waals surface area contributed by atoms with Gasteiger partial charge in [0.2, 0.25) is 5.91 Å². The highest BCUT2D eigenvalue weighted by Crippen LogP contribution is 2.16. The van der Waals surface area contributed by atoms with Gasteiger partial charge >= 0.3 is 0 Å². The molecule has 2 rings (SSSR count). The Morgan fingerprint density at radius 3 is 2.95 bits per heavy atom. The molecule has 1 heterocycles. The van der Waals surface area contributed by atoms with Crippen molar-refractivity contribution in [2.45, 2.75) is 6.42 Å². The van der Waals surface area contributed by atoms with Crippen molar-refractivity contribution in [2.24, 2.45) is 0 Å². The number of carbonyl (C=O) groups excluding carboxylic acids is 1. The number of hydrogen-bond donors (Lipinski definition) is 3. The number of aliphatic hydroxyl groups is 1. The van der Waals surface area contributed by atoms with Crippen molar-refractivity contribution in [3.05, 3.63) is 35.9 Å². The quantitative estimate of drug-likeness (QED) is 0.701. The van der Waals surface area contributed by atoms with Crippen molar-refractivity contribution in [3.8, 4) is 0 Å². The van der Waals surface area contributed by atoms with Gasteiger partial charge in [0.15, 0.2) is 0 Å². The standard InChI is InChI=1S/C14H18N2O3/c17-9-14(18)16-13-5-1-4-12(7-13)15-8-11-3-2-6-19-10-11/h1,3-5,7,15,17H,2,6,8-10H2,(H,16,18). The summed E-state index contributed by atoms with van der Waals surface area (Å²) < 4.78 is 5.37. The smallest absolute Gasteiger partial charge is 0.250 e. The second-order valence-electron chi connectivity index (χ2n) is 4.34. The van der Waals surface area contributed by atoms with Crippen LogP contribution in [-0.4, -0.2) is 37.4 Å². The maximum atomic E-state index is 11.1. The fraction of sp³-hybridized carbons (Fsp3) is 0.357. The molecule has 0 atom stereocenters. The molecule has 0 bridgehead atoms. The highest BCUT2D eigenvalue weighted by molar-refractivity contribution is 5.91. The molecule has 1 aromatic carbocycles. The Hall–Kier alpha value is -1.85. The molecule has 3 N–H and O–H groups in total. The van der Waals surface area contributed by atoms with Crippen LogP contribution in [-0.2, 0) is 9.53 Å². The molecule has 1 aromatic rings. The van der Waals surface area contributed by atoms with Crippen molar-refractivity contribution in [2.75, 3.05) is 37.0 Å². The lowest BCUT2D eigenvalue weighted by Gasteiger charge is -2.15. The van der Waals surface area contributed by atoms with E-state index >= 15 is 0 Å². The van der Waals surface area contributed by atoms with E-state index in [1.807, 2.05) is 18.2 Å². The average Bonchev–Trinajstić information content (AvgIpc) is 2.46. The molecule has 0 spiro atoms. The molecule has 5 heteroatoms. The van der Waals surface area contributed by atoms with Gasteiger partial charge in [0.05, 0.1) is 13.2 Å². The van der Waals surface area contributed by atoms with Crippen molar-refractivity contribution in [3.63, 3.8) is 0 Å². The van der Waals surface area contributed by atoms with Crippen LogP contribution in [0.25, 0.3) is 0 Å². The summed E-state index contributed by atoms with van der Waals surface area (Å²) in [6, 6.07) is 7.39. The van der Waals surface area contributed by atoms with Gasteiger partial charge in [-0.05, 0) is 30.2 Å². The Kier molecular flexibility index (Phi) is 4.94. The first-order valence-electron chi connectivity index (χ1n) is 6.28. The Balaban J connectivity index is 1.91. The van der Waals surface area contributed by atoms with E-state index < -0.39 is 12.5 Å². The number of ether oxygens (including phenoxy) is 1. The lowest BCUT2D eigenvalue weighted by atomic mass is 10.2. The normalized spacial score (nSPS) is 14.7. The van der Waals surface area contributed by atoms with Crippen molar-refractivity contribution in [1.82, 2.24) is 0 Å². The zero-order chi connectivity index (χ0) is 13.5. The monoisotopic (exact) mass is 262 g/mol. The molecular formula is C14H18N2O3. The van der Waals surface area contributed by atoms with Crippen LogP contribution in [0.15, 0.2) is 35.9 Å². The number of nitrogens with one attached hydrogen (secondary N) is 2. The molecule has 0 fully saturated rings. The molecule has 102 valence electrons. The zero-order valence-corrected chi connectivity index (χ0v) is 10.7. The molecule has 0 saturated carbocycles. The molecule has 0 radical (unpaired) electrons. The fourth-order valence-electron chi connectivity index (χ4n) is 1.85. The highest BCUT2D eigenvalue weighted by Gasteiger charge is 2.04. The maximum absolute atomic E-state index is 11.1. The molecule has 0 aromatic heterocycles. The zero-order valence-electron chi connectivity index (χ0n) is 10.7. The summed E-state index contributed by atoms with van der Waals surface area (Å²) >= 11 is 0. The molecule has 1 amide bonds. The van der Waals surface area contributed by atoms with Gasteiger partial charge in [0, 0.05) is 17.9 Å². The van der Waals surface area contributed by atoms with E-state index in [2.05, 4.69) is 16.7 Å². The summed E-state index contributed by atoms with van der Waals surface area (Å²) in [5.74, 6) is -0.416. The van der Waals surface area contributed by atoms with Gasteiger partial charge < -0.3 is 20.5 Å². The lowest BCUT2D eigenvalue weighted by molar-refractivity contribution is -0.118. The Labute approximate surface area is 112 Å². The predicted molar refractivity (Wildman–Crippen MR) is 74.2 cm³/mol. The number of carbonyl (C=O) groups is 1. The third-order valence-electron chi connectivity index (χ3n) is 2.79. The summed E-state index contributed by atoms with van der Waals surface area (Å²) in [5, 5.41) is 14.6. The summed E-state index contributed by atoms with van der Waals surface area (Å²) in [4.78, 5) is 11.1. The number of aliphatic hydroxyl groups excluding tert-OH is 1. The summed E-state index contributed by atoms with van der Waals surface area (Å²) in [6.07, 6.45) is 3.15. The van der Waals surface area contributed by atoms with Crippen molar-refractivity contribution >= 4 is 17.3 Å². The molecule has 0 saturated heterocycles. The Morgan fingerprint density at radius 1 is 1.37 bits per heavy atom. The van der Waals surface area contributed by atoms with E-state index in [9.17, 15) is 4.79 Å².